The van der Waals surface area contributed by atoms with E-state index in [1.54, 1.807) is 6.20 Å². The quantitative estimate of drug-likeness (QED) is 0.520. The second-order valence-electron chi connectivity index (χ2n) is 7.62. The molecule has 1 saturated carbocycles. The Hall–Kier alpha value is -3.05. The number of benzene rings is 1. The Morgan fingerprint density at radius 1 is 1.34 bits per heavy atom. The normalized spacial score (nSPS) is 26.2. The molecule has 2 aliphatic rings. The van der Waals surface area contributed by atoms with E-state index in [4.69, 9.17) is 17.3 Å². The number of amidine groups is 1. The number of anilines is 1. The van der Waals surface area contributed by atoms with Crippen LogP contribution in [0.2, 0.25) is 5.02 Å². The van der Waals surface area contributed by atoms with E-state index in [0.717, 1.165) is 0 Å². The third kappa shape index (κ3) is 3.23. The molecule has 164 valence electrons. The van der Waals surface area contributed by atoms with Crippen molar-refractivity contribution in [1.29, 1.82) is 0 Å². The number of nitrogens with two attached hydrogens (primary N) is 1. The van der Waals surface area contributed by atoms with Crippen LogP contribution in [0.15, 0.2) is 47.7 Å². The number of aliphatic imine (C=N–C) groups is 1. The molecule has 3 heterocycles. The van der Waals surface area contributed by atoms with Crippen LogP contribution >= 0.6 is 23.4 Å². The van der Waals surface area contributed by atoms with Crippen molar-refractivity contribution in [2.24, 2.45) is 16.6 Å². The summed E-state index contributed by atoms with van der Waals surface area (Å²) in [6.07, 6.45) is 3.40. The molecule has 32 heavy (non-hydrogen) atoms. The topological polar surface area (TPSA) is 122 Å². The van der Waals surface area contributed by atoms with Crippen LogP contribution in [0.5, 0.6) is 0 Å². The van der Waals surface area contributed by atoms with Crippen molar-refractivity contribution in [2.75, 3.05) is 12.0 Å². The van der Waals surface area contributed by atoms with Gasteiger partial charge in [0.1, 0.15) is 23.7 Å². The highest BCUT2D eigenvalue weighted by atomic mass is 35.5. The van der Waals surface area contributed by atoms with Gasteiger partial charge in [-0.2, -0.15) is 15.4 Å². The first-order valence-electron chi connectivity index (χ1n) is 9.57. The van der Waals surface area contributed by atoms with Crippen LogP contribution in [-0.2, 0) is 10.3 Å². The summed E-state index contributed by atoms with van der Waals surface area (Å²) >= 11 is 7.08. The second kappa shape index (κ2) is 7.52. The number of hydrogen-bond acceptors (Lipinski definition) is 7. The van der Waals surface area contributed by atoms with E-state index >= 15 is 4.39 Å². The summed E-state index contributed by atoms with van der Waals surface area (Å²) in [6.45, 7) is -0.967. The fraction of sp³-hybridized carbons (Fsp3) is 0.250. The number of nitrogens with zero attached hydrogens (tertiary/aromatic N) is 4. The number of amides is 1. The van der Waals surface area contributed by atoms with Crippen molar-refractivity contribution in [3.8, 4) is 0 Å². The van der Waals surface area contributed by atoms with Crippen molar-refractivity contribution < 1.29 is 13.6 Å². The molecule has 2 aromatic heterocycles. The molecule has 1 fully saturated rings. The van der Waals surface area contributed by atoms with E-state index in [2.05, 4.69) is 30.7 Å². The summed E-state index contributed by atoms with van der Waals surface area (Å²) in [5.74, 6) is -1.55. The number of carbonyl (C=O) groups excluding carboxylic acids is 1. The van der Waals surface area contributed by atoms with E-state index < -0.39 is 28.7 Å². The Morgan fingerprint density at radius 2 is 2.19 bits per heavy atom. The minimum atomic E-state index is -1.54. The first-order valence-corrected chi connectivity index (χ1v) is 10.8. The van der Waals surface area contributed by atoms with Crippen molar-refractivity contribution in [2.45, 2.75) is 16.7 Å². The summed E-state index contributed by atoms with van der Waals surface area (Å²) < 4.78 is 29.1. The highest BCUT2D eigenvalue weighted by molar-refractivity contribution is 8.14. The number of H-pyrrole nitrogens is 1. The average Bonchev–Trinajstić information content (AvgIpc) is 3.26. The molecule has 1 aromatic carbocycles. The van der Waals surface area contributed by atoms with Gasteiger partial charge in [0, 0.05) is 23.4 Å². The summed E-state index contributed by atoms with van der Waals surface area (Å²) in [7, 11) is 0. The maximum atomic E-state index is 15.0. The molecule has 8 nitrogen and oxygen atoms in total. The van der Waals surface area contributed by atoms with Gasteiger partial charge in [-0.1, -0.05) is 23.4 Å². The van der Waals surface area contributed by atoms with Crippen LogP contribution in [0, 0.1) is 11.7 Å². The highest BCUT2D eigenvalue weighted by Gasteiger charge is 2.70. The maximum absolute atomic E-state index is 15.0. The number of thioether (sulfide) groups is 1. The number of fused-ring (bicyclic) bond motifs is 1. The van der Waals surface area contributed by atoms with E-state index in [1.165, 1.54) is 48.3 Å². The Bertz CT molecular complexity index is 1220. The zero-order valence-corrected chi connectivity index (χ0v) is 17.9. The van der Waals surface area contributed by atoms with Crippen LogP contribution < -0.4 is 11.1 Å². The van der Waals surface area contributed by atoms with Crippen LogP contribution in [0.25, 0.3) is 0 Å². The number of carbonyl (C=O) groups is 1. The molecule has 5 rings (SSSR count). The molecule has 0 unspecified atom stereocenters. The maximum Gasteiger partial charge on any atom is 0.274 e. The van der Waals surface area contributed by atoms with Crippen LogP contribution in [-0.4, -0.2) is 38.1 Å². The summed E-state index contributed by atoms with van der Waals surface area (Å²) in [5, 5.41) is 13.7. The minimum Gasteiger partial charge on any atom is -0.378 e. The molecular weight excluding hydrogens is 460 g/mol. The van der Waals surface area contributed by atoms with Gasteiger partial charge in [-0.05, 0) is 36.8 Å². The van der Waals surface area contributed by atoms with Crippen molar-refractivity contribution in [3.05, 3.63) is 70.5 Å². The molecule has 0 spiro atoms. The predicted molar refractivity (Wildman–Crippen MR) is 117 cm³/mol. The van der Waals surface area contributed by atoms with Crippen LogP contribution in [0.1, 0.15) is 28.2 Å². The number of hydrogen-bond donors (Lipinski definition) is 3. The molecule has 1 aliphatic heterocycles. The zero-order valence-electron chi connectivity index (χ0n) is 16.3. The van der Waals surface area contributed by atoms with E-state index in [0.29, 0.717) is 17.1 Å². The van der Waals surface area contributed by atoms with E-state index in [-0.39, 0.29) is 28.0 Å². The lowest BCUT2D eigenvalue weighted by Gasteiger charge is -2.34. The average molecular weight is 476 g/mol. The van der Waals surface area contributed by atoms with Crippen molar-refractivity contribution in [3.63, 3.8) is 0 Å². The third-order valence-electron chi connectivity index (χ3n) is 5.79. The summed E-state index contributed by atoms with van der Waals surface area (Å²) in [5.41, 5.74) is 5.55. The van der Waals surface area contributed by atoms with Gasteiger partial charge < -0.3 is 11.1 Å². The smallest absolute Gasteiger partial charge is 0.274 e. The van der Waals surface area contributed by atoms with Gasteiger partial charge in [0.05, 0.1) is 21.7 Å². The SMILES string of the molecule is NC1=N[C@](CF)(c2cc(NC(=O)c3ccc(Cl)cn3)ccc2F)[C@@H]2C[C@]2(c2cn[nH]n2)S1. The van der Waals surface area contributed by atoms with Gasteiger partial charge in [-0.3, -0.25) is 4.79 Å². The summed E-state index contributed by atoms with van der Waals surface area (Å²) in [4.78, 5) is 20.9. The fourth-order valence-corrected chi connectivity index (χ4v) is 5.70. The summed E-state index contributed by atoms with van der Waals surface area (Å²) in [6, 6.07) is 6.95. The Morgan fingerprint density at radius 3 is 2.88 bits per heavy atom. The lowest BCUT2D eigenvalue weighted by molar-refractivity contribution is 0.102. The van der Waals surface area contributed by atoms with Crippen molar-refractivity contribution in [1.82, 2.24) is 20.4 Å². The number of alkyl halides is 1. The largest absolute Gasteiger partial charge is 0.378 e. The number of rotatable bonds is 5. The molecule has 0 radical (unpaired) electrons. The highest BCUT2D eigenvalue weighted by Crippen LogP contribution is 2.71. The first-order chi connectivity index (χ1) is 15.4. The molecule has 0 bridgehead atoms. The van der Waals surface area contributed by atoms with E-state index in [9.17, 15) is 9.18 Å². The van der Waals surface area contributed by atoms with Crippen molar-refractivity contribution >= 4 is 40.1 Å². The number of aromatic amines is 1. The Kier molecular flexibility index (Phi) is 4.90. The van der Waals surface area contributed by atoms with Crippen LogP contribution in [0.3, 0.4) is 0 Å². The number of nitrogens with one attached hydrogen (secondary N) is 2. The molecule has 0 saturated heterocycles. The van der Waals surface area contributed by atoms with E-state index in [1.807, 2.05) is 0 Å². The van der Waals surface area contributed by atoms with Crippen LogP contribution in [0.4, 0.5) is 14.5 Å². The molecule has 3 aromatic rings. The molecule has 1 aliphatic carbocycles. The molecule has 3 atom stereocenters. The lowest BCUT2D eigenvalue weighted by Crippen LogP contribution is -2.39. The van der Waals surface area contributed by atoms with Gasteiger partial charge >= 0.3 is 0 Å². The number of halogens is 3. The van der Waals surface area contributed by atoms with Gasteiger partial charge in [-0.15, -0.1) is 0 Å². The monoisotopic (exact) mass is 475 g/mol. The van der Waals surface area contributed by atoms with Gasteiger partial charge in [0.15, 0.2) is 5.17 Å². The minimum absolute atomic E-state index is 0.0143. The fourth-order valence-electron chi connectivity index (χ4n) is 4.22. The Labute approximate surface area is 190 Å². The van der Waals surface area contributed by atoms with Gasteiger partial charge in [0.2, 0.25) is 0 Å². The molecule has 4 N–H and O–H groups in total. The van der Waals surface area contributed by atoms with Gasteiger partial charge in [0.25, 0.3) is 5.91 Å². The molecular formula is C20H16ClF2N7OS. The zero-order chi connectivity index (χ0) is 22.5. The number of pyridine rings is 1. The second-order valence-corrected chi connectivity index (χ2v) is 9.41. The first kappa shape index (κ1) is 20.8. The predicted octanol–water partition coefficient (Wildman–Crippen LogP) is 3.39. The molecule has 12 heteroatoms. The van der Waals surface area contributed by atoms with Gasteiger partial charge in [-0.25, -0.2) is 18.8 Å². The molecule has 1 amide bonds. The Balaban J connectivity index is 1.51. The standard InChI is InChI=1S/C20H16ClF2N7OS/c21-10-1-4-14(25-7-10)17(31)27-11-2-3-13(23)12(5-11)19(9-22)15-6-20(15,32-18(24)28-19)16-8-26-30-29-16/h1-5,7-8,15H,6,9H2,(H2,24,28)(H,27,31)(H,26,29,30)/t15-,19+,20-/m0/s1. The third-order valence-corrected chi connectivity index (χ3v) is 7.33. The lowest BCUT2D eigenvalue weighted by atomic mass is 9.84. The number of aromatic nitrogens is 4.